The number of ether oxygens (including phenoxy) is 3. The number of methoxy groups -OCH3 is 2. The SMILES string of the molecule is CCOc1cc(C(c2ccccc2OC)N2CCCC2C(=O)O)ccc1OC. The molecule has 28 heavy (non-hydrogen) atoms. The van der Waals surface area contributed by atoms with Gasteiger partial charge in [0.05, 0.1) is 26.9 Å². The predicted molar refractivity (Wildman–Crippen MR) is 106 cm³/mol. The molecule has 0 radical (unpaired) electrons. The van der Waals surface area contributed by atoms with E-state index in [1.54, 1.807) is 14.2 Å². The third kappa shape index (κ3) is 3.92. The summed E-state index contributed by atoms with van der Waals surface area (Å²) in [6.45, 7) is 3.14. The van der Waals surface area contributed by atoms with Crippen LogP contribution in [0.15, 0.2) is 42.5 Å². The first-order valence-electron chi connectivity index (χ1n) is 9.52. The molecule has 0 amide bonds. The van der Waals surface area contributed by atoms with E-state index in [1.807, 2.05) is 54.3 Å². The van der Waals surface area contributed by atoms with Gasteiger partial charge >= 0.3 is 5.97 Å². The zero-order chi connectivity index (χ0) is 20.1. The third-order valence-corrected chi connectivity index (χ3v) is 5.15. The molecule has 2 aromatic carbocycles. The van der Waals surface area contributed by atoms with Gasteiger partial charge in [0.1, 0.15) is 11.8 Å². The van der Waals surface area contributed by atoms with Crippen molar-refractivity contribution in [2.24, 2.45) is 0 Å². The van der Waals surface area contributed by atoms with Gasteiger partial charge in [-0.15, -0.1) is 0 Å². The highest BCUT2D eigenvalue weighted by atomic mass is 16.5. The number of benzene rings is 2. The Morgan fingerprint density at radius 3 is 2.57 bits per heavy atom. The molecule has 6 heteroatoms. The summed E-state index contributed by atoms with van der Waals surface area (Å²) < 4.78 is 16.8. The highest BCUT2D eigenvalue weighted by Crippen LogP contribution is 2.41. The van der Waals surface area contributed by atoms with Gasteiger partial charge < -0.3 is 19.3 Å². The van der Waals surface area contributed by atoms with Gasteiger partial charge in [-0.25, -0.2) is 0 Å². The van der Waals surface area contributed by atoms with E-state index in [0.29, 0.717) is 31.1 Å². The van der Waals surface area contributed by atoms with Crippen LogP contribution in [0.2, 0.25) is 0 Å². The summed E-state index contributed by atoms with van der Waals surface area (Å²) in [4.78, 5) is 13.9. The Balaban J connectivity index is 2.14. The molecule has 2 unspecified atom stereocenters. The number of aliphatic carboxylic acids is 1. The molecule has 0 spiro atoms. The van der Waals surface area contributed by atoms with Crippen molar-refractivity contribution < 1.29 is 24.1 Å². The van der Waals surface area contributed by atoms with Crippen LogP contribution < -0.4 is 14.2 Å². The number of rotatable bonds is 8. The van der Waals surface area contributed by atoms with Crippen LogP contribution >= 0.6 is 0 Å². The van der Waals surface area contributed by atoms with Crippen LogP contribution in [0, 0.1) is 0 Å². The topological polar surface area (TPSA) is 68.2 Å². The molecular weight excluding hydrogens is 358 g/mol. The van der Waals surface area contributed by atoms with Crippen molar-refractivity contribution in [3.63, 3.8) is 0 Å². The molecule has 1 aliphatic heterocycles. The molecule has 1 fully saturated rings. The maximum atomic E-state index is 11.9. The van der Waals surface area contributed by atoms with Crippen LogP contribution in [0.5, 0.6) is 17.2 Å². The Kier molecular flexibility index (Phi) is 6.41. The quantitative estimate of drug-likeness (QED) is 0.747. The van der Waals surface area contributed by atoms with Crippen LogP contribution in [0.4, 0.5) is 0 Å². The van der Waals surface area contributed by atoms with Crippen LogP contribution in [0.25, 0.3) is 0 Å². The zero-order valence-corrected chi connectivity index (χ0v) is 16.6. The van der Waals surface area contributed by atoms with Crippen molar-refractivity contribution in [2.75, 3.05) is 27.4 Å². The van der Waals surface area contributed by atoms with Gasteiger partial charge in [0, 0.05) is 12.1 Å². The second-order valence-corrected chi connectivity index (χ2v) is 6.72. The van der Waals surface area contributed by atoms with E-state index in [1.165, 1.54) is 0 Å². The molecule has 1 aliphatic rings. The van der Waals surface area contributed by atoms with E-state index in [0.717, 1.165) is 23.3 Å². The average molecular weight is 385 g/mol. The Hall–Kier alpha value is -2.73. The van der Waals surface area contributed by atoms with E-state index in [2.05, 4.69) is 0 Å². The van der Waals surface area contributed by atoms with E-state index in [4.69, 9.17) is 14.2 Å². The van der Waals surface area contributed by atoms with Crippen LogP contribution in [-0.4, -0.2) is 49.4 Å². The monoisotopic (exact) mass is 385 g/mol. The molecule has 2 atom stereocenters. The number of hydrogen-bond donors (Lipinski definition) is 1. The molecule has 2 aromatic rings. The third-order valence-electron chi connectivity index (χ3n) is 5.15. The first-order valence-corrected chi connectivity index (χ1v) is 9.52. The molecule has 0 saturated carbocycles. The second-order valence-electron chi connectivity index (χ2n) is 6.72. The van der Waals surface area contributed by atoms with Crippen molar-refractivity contribution in [2.45, 2.75) is 31.8 Å². The molecule has 6 nitrogen and oxygen atoms in total. The molecular formula is C22H27NO5. The summed E-state index contributed by atoms with van der Waals surface area (Å²) in [5.74, 6) is 1.24. The van der Waals surface area contributed by atoms with Crippen molar-refractivity contribution in [3.05, 3.63) is 53.6 Å². The number of likely N-dealkylation sites (tertiary alicyclic amines) is 1. The molecule has 150 valence electrons. The average Bonchev–Trinajstić information content (AvgIpc) is 3.19. The Labute approximate surface area is 165 Å². The number of nitrogens with zero attached hydrogens (tertiary/aromatic N) is 1. The Morgan fingerprint density at radius 1 is 1.14 bits per heavy atom. The summed E-state index contributed by atoms with van der Waals surface area (Å²) in [6, 6.07) is 12.7. The number of carbonyl (C=O) groups is 1. The molecule has 1 heterocycles. The molecule has 0 aliphatic carbocycles. The van der Waals surface area contributed by atoms with Crippen LogP contribution in [-0.2, 0) is 4.79 Å². The smallest absolute Gasteiger partial charge is 0.320 e. The van der Waals surface area contributed by atoms with Crippen molar-refractivity contribution in [1.82, 2.24) is 4.90 Å². The lowest BCUT2D eigenvalue weighted by atomic mass is 9.95. The standard InChI is InChI=1S/C22H27NO5/c1-4-28-20-14-15(11-12-19(20)27-3)21(16-8-5-6-10-18(16)26-2)23-13-7-9-17(23)22(24)25/h5-6,8,10-12,14,17,21H,4,7,9,13H2,1-3H3,(H,24,25). The normalized spacial score (nSPS) is 17.9. The number of carboxylic acid groups (broad SMARTS) is 1. The van der Waals surface area contributed by atoms with Crippen molar-refractivity contribution in [3.8, 4) is 17.2 Å². The van der Waals surface area contributed by atoms with Crippen LogP contribution in [0.3, 0.4) is 0 Å². The maximum absolute atomic E-state index is 11.9. The lowest BCUT2D eigenvalue weighted by Gasteiger charge is -2.33. The molecule has 0 bridgehead atoms. The summed E-state index contributed by atoms with van der Waals surface area (Å²) >= 11 is 0. The van der Waals surface area contributed by atoms with Crippen molar-refractivity contribution >= 4 is 5.97 Å². The van der Waals surface area contributed by atoms with Gasteiger partial charge in [0.25, 0.3) is 0 Å². The number of para-hydroxylation sites is 1. The van der Waals surface area contributed by atoms with E-state index in [9.17, 15) is 9.90 Å². The highest BCUT2D eigenvalue weighted by Gasteiger charge is 2.38. The first-order chi connectivity index (χ1) is 13.6. The fourth-order valence-corrected chi connectivity index (χ4v) is 3.94. The van der Waals surface area contributed by atoms with Gasteiger partial charge in [-0.1, -0.05) is 24.3 Å². The predicted octanol–water partition coefficient (Wildman–Crippen LogP) is 3.74. The first kappa shape index (κ1) is 20.0. The number of carboxylic acids is 1. The lowest BCUT2D eigenvalue weighted by molar-refractivity contribution is -0.142. The summed E-state index contributed by atoms with van der Waals surface area (Å²) in [5.41, 5.74) is 1.88. The fourth-order valence-electron chi connectivity index (χ4n) is 3.94. The minimum absolute atomic E-state index is 0.259. The number of hydrogen-bond acceptors (Lipinski definition) is 5. The lowest BCUT2D eigenvalue weighted by Crippen LogP contribution is -2.39. The second kappa shape index (κ2) is 8.97. The molecule has 1 N–H and O–H groups in total. The summed E-state index contributed by atoms with van der Waals surface area (Å²) in [6.07, 6.45) is 1.48. The minimum Gasteiger partial charge on any atom is -0.496 e. The van der Waals surface area contributed by atoms with E-state index in [-0.39, 0.29) is 6.04 Å². The molecule has 1 saturated heterocycles. The van der Waals surface area contributed by atoms with E-state index >= 15 is 0 Å². The van der Waals surface area contributed by atoms with Crippen LogP contribution in [0.1, 0.15) is 36.9 Å². The van der Waals surface area contributed by atoms with E-state index < -0.39 is 12.0 Å². The minimum atomic E-state index is -0.795. The molecule has 3 rings (SSSR count). The maximum Gasteiger partial charge on any atom is 0.320 e. The Bertz CT molecular complexity index is 822. The van der Waals surface area contributed by atoms with Gasteiger partial charge in [-0.3, -0.25) is 9.69 Å². The van der Waals surface area contributed by atoms with Gasteiger partial charge in [0.15, 0.2) is 11.5 Å². The van der Waals surface area contributed by atoms with Gasteiger partial charge in [-0.05, 0) is 43.5 Å². The Morgan fingerprint density at radius 2 is 1.89 bits per heavy atom. The van der Waals surface area contributed by atoms with Gasteiger partial charge in [-0.2, -0.15) is 0 Å². The summed E-state index contributed by atoms with van der Waals surface area (Å²) in [5, 5.41) is 9.76. The van der Waals surface area contributed by atoms with Crippen molar-refractivity contribution in [1.29, 1.82) is 0 Å². The van der Waals surface area contributed by atoms with Gasteiger partial charge in [0.2, 0.25) is 0 Å². The molecule has 0 aromatic heterocycles. The largest absolute Gasteiger partial charge is 0.496 e. The highest BCUT2D eigenvalue weighted by molar-refractivity contribution is 5.74. The summed E-state index contributed by atoms with van der Waals surface area (Å²) in [7, 11) is 3.24. The zero-order valence-electron chi connectivity index (χ0n) is 16.6. The fraction of sp³-hybridized carbons (Fsp3) is 0.409.